The maximum atomic E-state index is 13.7. The molecule has 256 valence electrons. The average molecular weight is 669 g/mol. The molecule has 0 spiro atoms. The van der Waals surface area contributed by atoms with E-state index < -0.39 is 66.3 Å². The van der Waals surface area contributed by atoms with Crippen molar-refractivity contribution in [3.05, 3.63) is 101 Å². The summed E-state index contributed by atoms with van der Waals surface area (Å²) in [6.45, 7) is -0.00449. The molecule has 3 atom stereocenters. The molecular formula is C35H38F2N2O9. The lowest BCUT2D eigenvalue weighted by Crippen LogP contribution is -2.54. The van der Waals surface area contributed by atoms with Crippen molar-refractivity contribution in [1.82, 2.24) is 5.32 Å². The van der Waals surface area contributed by atoms with Gasteiger partial charge in [-0.15, -0.1) is 0 Å². The molecule has 1 saturated heterocycles. The number of carboxylic acids is 2. The second kappa shape index (κ2) is 16.9. The van der Waals surface area contributed by atoms with Gasteiger partial charge in [-0.05, 0) is 85.2 Å². The predicted molar refractivity (Wildman–Crippen MR) is 169 cm³/mol. The van der Waals surface area contributed by atoms with Crippen LogP contribution < -0.4 is 10.2 Å². The number of carboxylic acid groups (broad SMARTS) is 2. The first-order valence-electron chi connectivity index (χ1n) is 15.5. The van der Waals surface area contributed by atoms with Gasteiger partial charge in [-0.3, -0.25) is 14.4 Å². The van der Waals surface area contributed by atoms with Gasteiger partial charge in [0.05, 0.1) is 31.8 Å². The number of carbonyl (C=O) groups is 4. The van der Waals surface area contributed by atoms with Gasteiger partial charge in [-0.25, -0.2) is 13.6 Å². The van der Waals surface area contributed by atoms with E-state index in [1.807, 2.05) is 24.3 Å². The molecule has 4 rings (SSSR count). The molecule has 1 aliphatic heterocycles. The number of hydrogen-bond donors (Lipinski definition) is 4. The number of carbonyl (C=O) groups excluding carboxylic acids is 2. The van der Waals surface area contributed by atoms with Crippen LogP contribution >= 0.6 is 0 Å². The summed E-state index contributed by atoms with van der Waals surface area (Å²) < 4.78 is 38.1. The van der Waals surface area contributed by atoms with Gasteiger partial charge in [0.2, 0.25) is 12.3 Å². The summed E-state index contributed by atoms with van der Waals surface area (Å²) >= 11 is 0. The van der Waals surface area contributed by atoms with Crippen LogP contribution in [0.15, 0.2) is 72.8 Å². The largest absolute Gasteiger partial charge is 0.481 e. The number of ether oxygens (including phenoxy) is 2. The van der Waals surface area contributed by atoms with Crippen molar-refractivity contribution in [2.24, 2.45) is 0 Å². The number of anilines is 1. The topological polar surface area (TPSA) is 163 Å². The second-order valence-electron chi connectivity index (χ2n) is 11.8. The van der Waals surface area contributed by atoms with E-state index in [0.29, 0.717) is 49.8 Å². The summed E-state index contributed by atoms with van der Waals surface area (Å²) in [6.07, 6.45) is 1.50. The summed E-state index contributed by atoms with van der Waals surface area (Å²) in [7, 11) is 0. The molecule has 1 heterocycles. The molecule has 3 aromatic carbocycles. The number of halogens is 2. The Morgan fingerprint density at radius 2 is 1.52 bits per heavy atom. The minimum Gasteiger partial charge on any atom is -0.481 e. The number of aliphatic hydroxyl groups is 1. The van der Waals surface area contributed by atoms with E-state index in [1.165, 1.54) is 53.4 Å². The summed E-state index contributed by atoms with van der Waals surface area (Å²) in [5.41, 5.74) is 2.08. The Balaban J connectivity index is 1.40. The van der Waals surface area contributed by atoms with Gasteiger partial charge in [-0.1, -0.05) is 36.4 Å². The standard InChI is InChI=1S/C35H38F2N2O9/c36-26-10-8-25(9-11-26)31(41)3-1-2-30(39(22-40)28-14-12-27(37)13-15-28)24-6-4-23(5-7-24)16-17-35(20-47-21-35)48-19-32(42)38-29(34(45)46)18-33(43)44/h4-15,22,29-31,41H,1-3,16-21H2,(H,38,42)(H,43,44)(H,45,46). The molecule has 0 aromatic heterocycles. The van der Waals surface area contributed by atoms with Crippen LogP contribution in [-0.2, 0) is 35.1 Å². The van der Waals surface area contributed by atoms with E-state index >= 15 is 0 Å². The number of nitrogens with one attached hydrogen (secondary N) is 1. The van der Waals surface area contributed by atoms with Crippen LogP contribution in [0.2, 0.25) is 0 Å². The first-order valence-corrected chi connectivity index (χ1v) is 15.5. The smallest absolute Gasteiger partial charge is 0.326 e. The Kier molecular flexibility index (Phi) is 12.7. The summed E-state index contributed by atoms with van der Waals surface area (Å²) in [5.74, 6) is -4.41. The molecule has 2 amide bonds. The molecule has 1 fully saturated rings. The van der Waals surface area contributed by atoms with E-state index in [9.17, 15) is 33.1 Å². The molecule has 13 heteroatoms. The van der Waals surface area contributed by atoms with Crippen LogP contribution in [-0.4, -0.2) is 71.0 Å². The zero-order chi connectivity index (χ0) is 34.7. The van der Waals surface area contributed by atoms with E-state index in [-0.39, 0.29) is 13.2 Å². The minimum atomic E-state index is -1.58. The zero-order valence-corrected chi connectivity index (χ0v) is 26.1. The van der Waals surface area contributed by atoms with Crippen LogP contribution in [0.5, 0.6) is 0 Å². The molecule has 3 unspecified atom stereocenters. The van der Waals surface area contributed by atoms with Crippen LogP contribution in [0.25, 0.3) is 0 Å². The Hall–Kier alpha value is -4.72. The minimum absolute atomic E-state index is 0.230. The van der Waals surface area contributed by atoms with Crippen molar-refractivity contribution in [1.29, 1.82) is 0 Å². The van der Waals surface area contributed by atoms with Crippen molar-refractivity contribution >= 4 is 29.9 Å². The van der Waals surface area contributed by atoms with Crippen LogP contribution in [0, 0.1) is 11.6 Å². The highest BCUT2D eigenvalue weighted by Gasteiger charge is 2.40. The van der Waals surface area contributed by atoms with Gasteiger partial charge in [-0.2, -0.15) is 0 Å². The highest BCUT2D eigenvalue weighted by molar-refractivity contribution is 5.87. The summed E-state index contributed by atoms with van der Waals surface area (Å²) in [6, 6.07) is 16.8. The quantitative estimate of drug-likeness (QED) is 0.136. The lowest BCUT2D eigenvalue weighted by molar-refractivity contribution is -0.212. The normalized spacial score (nSPS) is 15.4. The van der Waals surface area contributed by atoms with Gasteiger partial charge in [0.15, 0.2) is 0 Å². The lowest BCUT2D eigenvalue weighted by atomic mass is 9.91. The Labute approximate surface area is 276 Å². The van der Waals surface area contributed by atoms with Gasteiger partial charge < -0.3 is 35.0 Å². The van der Waals surface area contributed by atoms with Crippen LogP contribution in [0.3, 0.4) is 0 Å². The van der Waals surface area contributed by atoms with Crippen LogP contribution in [0.4, 0.5) is 14.5 Å². The number of rotatable bonds is 19. The lowest BCUT2D eigenvalue weighted by Gasteiger charge is -2.41. The number of aliphatic hydroxyl groups excluding tert-OH is 1. The van der Waals surface area contributed by atoms with Crippen molar-refractivity contribution in [2.75, 3.05) is 24.7 Å². The Bertz CT molecular complexity index is 1530. The molecular weight excluding hydrogens is 630 g/mol. The molecule has 11 nitrogen and oxygen atoms in total. The number of aliphatic carboxylic acids is 2. The second-order valence-corrected chi connectivity index (χ2v) is 11.8. The van der Waals surface area contributed by atoms with E-state index in [4.69, 9.17) is 19.7 Å². The third kappa shape index (κ3) is 10.1. The number of amides is 2. The molecule has 0 aliphatic carbocycles. The highest BCUT2D eigenvalue weighted by atomic mass is 19.1. The predicted octanol–water partition coefficient (Wildman–Crippen LogP) is 4.34. The van der Waals surface area contributed by atoms with Gasteiger partial charge in [0.25, 0.3) is 0 Å². The first-order chi connectivity index (χ1) is 23.0. The highest BCUT2D eigenvalue weighted by Crippen LogP contribution is 2.33. The van der Waals surface area contributed by atoms with Gasteiger partial charge in [0.1, 0.15) is 29.9 Å². The van der Waals surface area contributed by atoms with Crippen molar-refractivity contribution in [3.63, 3.8) is 0 Å². The molecule has 48 heavy (non-hydrogen) atoms. The summed E-state index contributed by atoms with van der Waals surface area (Å²) in [5, 5.41) is 30.8. The Morgan fingerprint density at radius 1 is 0.917 bits per heavy atom. The maximum Gasteiger partial charge on any atom is 0.326 e. The number of nitrogens with zero attached hydrogens (tertiary/aromatic N) is 1. The van der Waals surface area contributed by atoms with E-state index in [2.05, 4.69) is 5.32 Å². The molecule has 0 bridgehead atoms. The molecule has 4 N–H and O–H groups in total. The van der Waals surface area contributed by atoms with Crippen molar-refractivity contribution in [2.45, 2.75) is 62.3 Å². The SMILES string of the molecule is O=CN(c1ccc(F)cc1)C(CCCC(O)c1ccc(F)cc1)c1ccc(CCC2(OCC(=O)NC(CC(=O)O)C(=O)O)COC2)cc1. The van der Waals surface area contributed by atoms with E-state index in [0.717, 1.165) is 11.1 Å². The number of hydrogen-bond acceptors (Lipinski definition) is 7. The summed E-state index contributed by atoms with van der Waals surface area (Å²) in [4.78, 5) is 48.3. The van der Waals surface area contributed by atoms with Gasteiger partial charge in [0, 0.05) is 5.69 Å². The Morgan fingerprint density at radius 3 is 2.06 bits per heavy atom. The fourth-order valence-electron chi connectivity index (χ4n) is 5.49. The molecule has 0 saturated carbocycles. The fourth-order valence-corrected chi connectivity index (χ4v) is 5.49. The fraction of sp³-hybridized carbons (Fsp3) is 0.371. The first kappa shape index (κ1) is 36.1. The van der Waals surface area contributed by atoms with Crippen LogP contribution in [0.1, 0.15) is 60.9 Å². The van der Waals surface area contributed by atoms with Gasteiger partial charge >= 0.3 is 11.9 Å². The van der Waals surface area contributed by atoms with Crippen molar-refractivity contribution in [3.8, 4) is 0 Å². The number of aryl methyl sites for hydroxylation is 1. The van der Waals surface area contributed by atoms with E-state index in [1.54, 1.807) is 0 Å². The third-order valence-electron chi connectivity index (χ3n) is 8.27. The number of benzene rings is 3. The zero-order valence-electron chi connectivity index (χ0n) is 26.1. The monoisotopic (exact) mass is 668 g/mol. The average Bonchev–Trinajstić information content (AvgIpc) is 3.04. The van der Waals surface area contributed by atoms with Crippen molar-refractivity contribution < 1.29 is 52.8 Å². The molecule has 0 radical (unpaired) electrons. The molecule has 3 aromatic rings. The molecule has 1 aliphatic rings. The third-order valence-corrected chi connectivity index (χ3v) is 8.27. The maximum absolute atomic E-state index is 13.7.